The van der Waals surface area contributed by atoms with Gasteiger partial charge in [-0.1, -0.05) is 19.9 Å². The van der Waals surface area contributed by atoms with Gasteiger partial charge in [0.1, 0.15) is 17.0 Å². The van der Waals surface area contributed by atoms with E-state index in [0.29, 0.717) is 33.7 Å². The van der Waals surface area contributed by atoms with E-state index in [0.717, 1.165) is 52.8 Å². The second-order valence-electron chi connectivity index (χ2n) is 9.13. The number of rotatable bonds is 8. The number of hydrogen-bond donors (Lipinski definition) is 3. The molecule has 0 spiro atoms. The summed E-state index contributed by atoms with van der Waals surface area (Å²) >= 11 is 0. The van der Waals surface area contributed by atoms with Crippen LogP contribution in [0.3, 0.4) is 0 Å². The fraction of sp³-hybridized carbons (Fsp3) is 0.138. The van der Waals surface area contributed by atoms with Crippen LogP contribution in [0.25, 0.3) is 55.8 Å². The number of aromatic nitrogens is 7. The largest absolute Gasteiger partial charge is 0.358 e. The fourth-order valence-electron chi connectivity index (χ4n) is 4.51. The van der Waals surface area contributed by atoms with Crippen molar-refractivity contribution in [2.75, 3.05) is 5.32 Å². The molecule has 9 heteroatoms. The van der Waals surface area contributed by atoms with Crippen molar-refractivity contribution in [3.63, 3.8) is 0 Å². The highest BCUT2D eigenvalue weighted by atomic mass is 19.1. The van der Waals surface area contributed by atoms with E-state index in [-0.39, 0.29) is 5.82 Å². The highest BCUT2D eigenvalue weighted by Gasteiger charge is 2.18. The number of allylic oxidation sites excluding steroid dienone is 1. The SMILES string of the molecule is C=C(CCCC)Nc1cncc(-c2cc3c(-c4nc5c(-c6cccnc6)nccc5[nH]4)n[nH]c3cc2F)c1. The number of pyridine rings is 3. The number of benzene rings is 1. The molecule has 0 aliphatic rings. The van der Waals surface area contributed by atoms with Crippen LogP contribution in [-0.2, 0) is 0 Å². The van der Waals surface area contributed by atoms with Gasteiger partial charge in [-0.3, -0.25) is 20.1 Å². The van der Waals surface area contributed by atoms with Crippen LogP contribution in [0.1, 0.15) is 26.2 Å². The third-order valence-electron chi connectivity index (χ3n) is 6.41. The van der Waals surface area contributed by atoms with Gasteiger partial charge in [-0.2, -0.15) is 5.10 Å². The summed E-state index contributed by atoms with van der Waals surface area (Å²) in [5, 5.41) is 11.4. The molecule has 0 bridgehead atoms. The van der Waals surface area contributed by atoms with Crippen LogP contribution >= 0.6 is 0 Å². The quantitative estimate of drug-likeness (QED) is 0.208. The number of hydrogen-bond acceptors (Lipinski definition) is 6. The van der Waals surface area contributed by atoms with Crippen LogP contribution in [0.4, 0.5) is 10.1 Å². The van der Waals surface area contributed by atoms with E-state index in [2.05, 4.69) is 49.0 Å². The molecular weight excluding hydrogens is 479 g/mol. The van der Waals surface area contributed by atoms with Gasteiger partial charge in [-0.05, 0) is 43.2 Å². The molecule has 0 atom stereocenters. The first-order chi connectivity index (χ1) is 18.6. The fourth-order valence-corrected chi connectivity index (χ4v) is 4.51. The van der Waals surface area contributed by atoms with Crippen molar-refractivity contribution in [2.45, 2.75) is 26.2 Å². The van der Waals surface area contributed by atoms with Crippen LogP contribution in [0.2, 0.25) is 0 Å². The minimum Gasteiger partial charge on any atom is -0.358 e. The van der Waals surface area contributed by atoms with Gasteiger partial charge in [0.25, 0.3) is 0 Å². The lowest BCUT2D eigenvalue weighted by Gasteiger charge is -2.11. The van der Waals surface area contributed by atoms with Gasteiger partial charge < -0.3 is 10.3 Å². The molecule has 188 valence electrons. The third kappa shape index (κ3) is 4.39. The highest BCUT2D eigenvalue weighted by molar-refractivity contribution is 5.97. The minimum atomic E-state index is -0.371. The average Bonchev–Trinajstić information content (AvgIpc) is 3.55. The maximum atomic E-state index is 15.2. The number of nitrogens with zero attached hydrogens (tertiary/aromatic N) is 5. The van der Waals surface area contributed by atoms with Gasteiger partial charge in [-0.25, -0.2) is 9.37 Å². The standard InChI is InChI=1S/C29H25FN8/c1-3-4-6-17(2)34-20-11-19(15-32-16-20)21-12-22-25(13-23(21)30)37-38-27(22)29-35-24-8-10-33-26(28(24)36-29)18-7-5-9-31-14-18/h5,7-16,34H,2-4,6H2,1H3,(H,35,36)(H,37,38). The van der Waals surface area contributed by atoms with Gasteiger partial charge in [0.15, 0.2) is 5.82 Å². The van der Waals surface area contributed by atoms with Crippen molar-refractivity contribution >= 4 is 27.6 Å². The normalized spacial score (nSPS) is 11.3. The van der Waals surface area contributed by atoms with Crippen LogP contribution in [0.5, 0.6) is 0 Å². The lowest BCUT2D eigenvalue weighted by Crippen LogP contribution is -1.99. The topological polar surface area (TPSA) is 108 Å². The molecule has 6 rings (SSSR count). The van der Waals surface area contributed by atoms with Gasteiger partial charge in [0, 0.05) is 58.6 Å². The Labute approximate surface area is 218 Å². The first-order valence-electron chi connectivity index (χ1n) is 12.4. The summed E-state index contributed by atoms with van der Waals surface area (Å²) in [5.74, 6) is 0.187. The zero-order valence-electron chi connectivity index (χ0n) is 20.8. The number of anilines is 1. The second-order valence-corrected chi connectivity index (χ2v) is 9.13. The minimum absolute atomic E-state index is 0.371. The highest BCUT2D eigenvalue weighted by Crippen LogP contribution is 2.34. The number of H-pyrrole nitrogens is 2. The zero-order valence-corrected chi connectivity index (χ0v) is 20.8. The van der Waals surface area contributed by atoms with Crippen molar-refractivity contribution in [1.82, 2.24) is 35.1 Å². The Morgan fingerprint density at radius 2 is 1.89 bits per heavy atom. The first-order valence-corrected chi connectivity index (χ1v) is 12.4. The molecule has 38 heavy (non-hydrogen) atoms. The Morgan fingerprint density at radius 3 is 2.74 bits per heavy atom. The number of halogens is 1. The summed E-state index contributed by atoms with van der Waals surface area (Å²) in [7, 11) is 0. The monoisotopic (exact) mass is 504 g/mol. The van der Waals surface area contributed by atoms with Crippen molar-refractivity contribution in [2.24, 2.45) is 0 Å². The zero-order chi connectivity index (χ0) is 26.1. The van der Waals surface area contributed by atoms with Gasteiger partial charge >= 0.3 is 0 Å². The molecule has 3 N–H and O–H groups in total. The molecule has 8 nitrogen and oxygen atoms in total. The summed E-state index contributed by atoms with van der Waals surface area (Å²) in [6.07, 6.45) is 11.6. The predicted molar refractivity (Wildman–Crippen MR) is 148 cm³/mol. The van der Waals surface area contributed by atoms with Crippen molar-refractivity contribution in [1.29, 1.82) is 0 Å². The smallest absolute Gasteiger partial charge is 0.159 e. The second kappa shape index (κ2) is 9.85. The Balaban J connectivity index is 1.40. The molecule has 1 aromatic carbocycles. The number of aromatic amines is 2. The molecule has 5 heterocycles. The maximum absolute atomic E-state index is 15.2. The Bertz CT molecular complexity index is 1770. The average molecular weight is 505 g/mol. The number of unbranched alkanes of at least 4 members (excludes halogenated alkanes) is 1. The van der Waals surface area contributed by atoms with Crippen LogP contribution in [-0.4, -0.2) is 35.1 Å². The summed E-state index contributed by atoms with van der Waals surface area (Å²) in [6, 6.07) is 10.8. The van der Waals surface area contributed by atoms with Gasteiger partial charge in [0.2, 0.25) is 0 Å². The number of nitrogens with one attached hydrogen (secondary N) is 3. The third-order valence-corrected chi connectivity index (χ3v) is 6.41. The molecular formula is C29H25FN8. The van der Waals surface area contributed by atoms with Crippen LogP contribution in [0, 0.1) is 5.82 Å². The molecule has 5 aromatic heterocycles. The predicted octanol–water partition coefficient (Wildman–Crippen LogP) is 6.88. The van der Waals surface area contributed by atoms with Crippen molar-refractivity contribution in [3.8, 4) is 33.9 Å². The van der Waals surface area contributed by atoms with E-state index < -0.39 is 0 Å². The maximum Gasteiger partial charge on any atom is 0.159 e. The van der Waals surface area contributed by atoms with Crippen LogP contribution in [0.15, 0.2) is 79.7 Å². The molecule has 0 aliphatic heterocycles. The number of imidazole rings is 1. The Morgan fingerprint density at radius 1 is 1.00 bits per heavy atom. The van der Waals surface area contributed by atoms with E-state index in [1.165, 1.54) is 6.07 Å². The van der Waals surface area contributed by atoms with E-state index >= 15 is 4.39 Å². The first kappa shape index (κ1) is 23.5. The molecule has 0 saturated heterocycles. The van der Waals surface area contributed by atoms with Gasteiger partial charge in [-0.15, -0.1) is 0 Å². The van der Waals surface area contributed by atoms with Gasteiger partial charge in [0.05, 0.1) is 28.6 Å². The molecule has 0 fully saturated rings. The molecule has 0 radical (unpaired) electrons. The molecule has 0 unspecified atom stereocenters. The lowest BCUT2D eigenvalue weighted by molar-refractivity contribution is 0.632. The molecule has 6 aromatic rings. The summed E-state index contributed by atoms with van der Waals surface area (Å²) in [5.41, 5.74) is 7.02. The van der Waals surface area contributed by atoms with Crippen molar-refractivity contribution in [3.05, 3.63) is 85.5 Å². The number of fused-ring (bicyclic) bond motifs is 2. The Hall–Kier alpha value is -4.92. The van der Waals surface area contributed by atoms with Crippen LogP contribution < -0.4 is 5.32 Å². The molecule has 0 amide bonds. The summed E-state index contributed by atoms with van der Waals surface area (Å²) < 4.78 is 15.2. The lowest BCUT2D eigenvalue weighted by atomic mass is 10.0. The summed E-state index contributed by atoms with van der Waals surface area (Å²) in [6.45, 7) is 6.23. The van der Waals surface area contributed by atoms with Crippen molar-refractivity contribution < 1.29 is 4.39 Å². The molecule has 0 aliphatic carbocycles. The van der Waals surface area contributed by atoms with E-state index in [1.54, 1.807) is 37.1 Å². The van der Waals surface area contributed by atoms with E-state index in [9.17, 15) is 0 Å². The van der Waals surface area contributed by atoms with E-state index in [1.807, 2.05) is 24.3 Å². The Kier molecular flexibility index (Phi) is 6.09. The van der Waals surface area contributed by atoms with E-state index in [4.69, 9.17) is 4.98 Å². The molecule has 0 saturated carbocycles. The summed E-state index contributed by atoms with van der Waals surface area (Å²) in [4.78, 5) is 21.2.